The molecule has 0 aliphatic carbocycles. The fourth-order valence-corrected chi connectivity index (χ4v) is 1.81. The Balaban J connectivity index is 2.08. The molecule has 0 saturated carbocycles. The number of hydrogen-bond acceptors (Lipinski definition) is 4. The van der Waals surface area contributed by atoms with Crippen molar-refractivity contribution in [3.8, 4) is 0 Å². The van der Waals surface area contributed by atoms with Crippen LogP contribution in [-0.4, -0.2) is 37.1 Å². The number of benzene rings is 1. The number of methoxy groups -OCH3 is 1. The van der Waals surface area contributed by atoms with Gasteiger partial charge in [-0.2, -0.15) is 0 Å². The Labute approximate surface area is 132 Å². The second-order valence-corrected chi connectivity index (χ2v) is 4.61. The molecule has 0 unspecified atom stereocenters. The summed E-state index contributed by atoms with van der Waals surface area (Å²) in [4.78, 5) is 27.9. The van der Waals surface area contributed by atoms with E-state index >= 15 is 0 Å². The quantitative estimate of drug-likeness (QED) is 0.797. The molecule has 0 aliphatic heterocycles. The number of anilines is 1. The fourth-order valence-electron chi connectivity index (χ4n) is 1.81. The fraction of sp³-hybridized carbons (Fsp3) is 0.188. The van der Waals surface area contributed by atoms with Crippen LogP contribution in [0.25, 0.3) is 0 Å². The van der Waals surface area contributed by atoms with E-state index in [0.29, 0.717) is 13.2 Å². The number of hydrogen-bond donors (Lipinski definition) is 2. The molecule has 0 radical (unpaired) electrons. The van der Waals surface area contributed by atoms with Crippen molar-refractivity contribution in [1.82, 2.24) is 10.3 Å². The highest BCUT2D eigenvalue weighted by Crippen LogP contribution is 2.13. The average Bonchev–Trinajstić information content (AvgIpc) is 2.57. The Hall–Kier alpha value is -2.80. The first kappa shape index (κ1) is 16.6. The van der Waals surface area contributed by atoms with E-state index in [4.69, 9.17) is 4.74 Å². The number of amides is 2. The number of halogens is 1. The van der Waals surface area contributed by atoms with Gasteiger partial charge in [-0.15, -0.1) is 0 Å². The predicted molar refractivity (Wildman–Crippen MR) is 82.8 cm³/mol. The molecule has 0 aliphatic rings. The van der Waals surface area contributed by atoms with Crippen LogP contribution >= 0.6 is 0 Å². The summed E-state index contributed by atoms with van der Waals surface area (Å²) in [5.41, 5.74) is 0.358. The molecule has 1 aromatic heterocycles. The number of rotatable bonds is 6. The van der Waals surface area contributed by atoms with Crippen LogP contribution in [0, 0.1) is 5.82 Å². The molecule has 0 bridgehead atoms. The number of nitrogens with zero attached hydrogens (tertiary/aromatic N) is 1. The van der Waals surface area contributed by atoms with Crippen LogP contribution in [0.5, 0.6) is 0 Å². The van der Waals surface area contributed by atoms with E-state index in [1.165, 1.54) is 43.6 Å². The maximum atomic E-state index is 13.5. The molecule has 6 nitrogen and oxygen atoms in total. The van der Waals surface area contributed by atoms with Gasteiger partial charge in [-0.1, -0.05) is 12.1 Å². The van der Waals surface area contributed by atoms with Gasteiger partial charge in [0.05, 0.1) is 12.3 Å². The molecular weight excluding hydrogens is 301 g/mol. The SMILES string of the molecule is COCCNC(=O)c1ccnc(C(=O)Nc2ccccc2F)c1. The van der Waals surface area contributed by atoms with E-state index in [9.17, 15) is 14.0 Å². The number of pyridine rings is 1. The van der Waals surface area contributed by atoms with Crippen LogP contribution < -0.4 is 10.6 Å². The first-order chi connectivity index (χ1) is 11.1. The van der Waals surface area contributed by atoms with Gasteiger partial charge in [0.15, 0.2) is 0 Å². The highest BCUT2D eigenvalue weighted by molar-refractivity contribution is 6.04. The van der Waals surface area contributed by atoms with E-state index in [0.717, 1.165) is 0 Å². The largest absolute Gasteiger partial charge is 0.383 e. The maximum Gasteiger partial charge on any atom is 0.274 e. The van der Waals surface area contributed by atoms with Crippen LogP contribution in [0.2, 0.25) is 0 Å². The minimum Gasteiger partial charge on any atom is -0.383 e. The van der Waals surface area contributed by atoms with Gasteiger partial charge in [0.1, 0.15) is 11.5 Å². The first-order valence-corrected chi connectivity index (χ1v) is 6.91. The Morgan fingerprint density at radius 1 is 1.22 bits per heavy atom. The third-order valence-corrected chi connectivity index (χ3v) is 2.97. The molecule has 1 aromatic carbocycles. The van der Waals surface area contributed by atoms with Crippen molar-refractivity contribution in [2.24, 2.45) is 0 Å². The summed E-state index contributed by atoms with van der Waals surface area (Å²) in [6.07, 6.45) is 1.35. The van der Waals surface area contributed by atoms with Gasteiger partial charge in [0.25, 0.3) is 11.8 Å². The summed E-state index contributed by atoms with van der Waals surface area (Å²) in [6, 6.07) is 8.64. The lowest BCUT2D eigenvalue weighted by molar-refractivity contribution is 0.0937. The minimum atomic E-state index is -0.596. The van der Waals surface area contributed by atoms with Gasteiger partial charge in [0, 0.05) is 25.4 Å². The summed E-state index contributed by atoms with van der Waals surface area (Å²) in [6.45, 7) is 0.742. The van der Waals surface area contributed by atoms with Gasteiger partial charge < -0.3 is 15.4 Å². The Bertz CT molecular complexity index is 706. The standard InChI is InChI=1S/C16H16FN3O3/c1-23-9-8-19-15(21)11-6-7-18-14(10-11)16(22)20-13-5-3-2-4-12(13)17/h2-7,10H,8-9H2,1H3,(H,19,21)(H,20,22). The minimum absolute atomic E-state index is 0.0210. The lowest BCUT2D eigenvalue weighted by Gasteiger charge is -2.07. The van der Waals surface area contributed by atoms with Crippen LogP contribution in [0.1, 0.15) is 20.8 Å². The lowest BCUT2D eigenvalue weighted by atomic mass is 10.2. The van der Waals surface area contributed by atoms with Gasteiger partial charge in [-0.3, -0.25) is 14.6 Å². The van der Waals surface area contributed by atoms with Crippen LogP contribution in [0.4, 0.5) is 10.1 Å². The average molecular weight is 317 g/mol. The molecule has 120 valence electrons. The number of ether oxygens (including phenoxy) is 1. The Kier molecular flexibility index (Phi) is 5.76. The molecule has 7 heteroatoms. The van der Waals surface area contributed by atoms with Crippen molar-refractivity contribution in [1.29, 1.82) is 0 Å². The van der Waals surface area contributed by atoms with Crippen molar-refractivity contribution in [2.45, 2.75) is 0 Å². The van der Waals surface area contributed by atoms with Crippen LogP contribution in [0.15, 0.2) is 42.6 Å². The van der Waals surface area contributed by atoms with Gasteiger partial charge in [-0.05, 0) is 24.3 Å². The van der Waals surface area contributed by atoms with E-state index in [1.54, 1.807) is 6.07 Å². The molecule has 2 rings (SSSR count). The number of carbonyl (C=O) groups is 2. The van der Waals surface area contributed by atoms with Gasteiger partial charge >= 0.3 is 0 Å². The molecule has 0 fully saturated rings. The van der Waals surface area contributed by atoms with E-state index < -0.39 is 11.7 Å². The molecule has 1 heterocycles. The molecule has 2 N–H and O–H groups in total. The van der Waals surface area contributed by atoms with Crippen molar-refractivity contribution in [2.75, 3.05) is 25.6 Å². The van der Waals surface area contributed by atoms with E-state index in [1.807, 2.05) is 0 Å². The Morgan fingerprint density at radius 2 is 2.00 bits per heavy atom. The number of nitrogens with one attached hydrogen (secondary N) is 2. The van der Waals surface area contributed by atoms with Crippen molar-refractivity contribution in [3.63, 3.8) is 0 Å². The van der Waals surface area contributed by atoms with E-state index in [-0.39, 0.29) is 22.9 Å². The first-order valence-electron chi connectivity index (χ1n) is 6.91. The maximum absolute atomic E-state index is 13.5. The molecule has 0 spiro atoms. The molecule has 2 amide bonds. The summed E-state index contributed by atoms with van der Waals surface area (Å²) < 4.78 is 18.4. The normalized spacial score (nSPS) is 10.2. The van der Waals surface area contributed by atoms with E-state index in [2.05, 4.69) is 15.6 Å². The summed E-state index contributed by atoms with van der Waals surface area (Å²) >= 11 is 0. The predicted octanol–water partition coefficient (Wildman–Crippen LogP) is 1.85. The smallest absolute Gasteiger partial charge is 0.274 e. The Morgan fingerprint density at radius 3 is 2.74 bits per heavy atom. The van der Waals surface area contributed by atoms with Crippen LogP contribution in [0.3, 0.4) is 0 Å². The number of para-hydroxylation sites is 1. The van der Waals surface area contributed by atoms with Crippen molar-refractivity contribution < 1.29 is 18.7 Å². The van der Waals surface area contributed by atoms with Crippen LogP contribution in [-0.2, 0) is 4.74 Å². The topological polar surface area (TPSA) is 80.3 Å². The molecule has 2 aromatic rings. The van der Waals surface area contributed by atoms with Gasteiger partial charge in [-0.25, -0.2) is 4.39 Å². The molecule has 23 heavy (non-hydrogen) atoms. The molecular formula is C16H16FN3O3. The zero-order valence-electron chi connectivity index (χ0n) is 12.5. The number of carbonyl (C=O) groups excluding carboxylic acids is 2. The third-order valence-electron chi connectivity index (χ3n) is 2.97. The number of aromatic nitrogens is 1. The zero-order valence-corrected chi connectivity index (χ0v) is 12.5. The lowest BCUT2D eigenvalue weighted by Crippen LogP contribution is -2.27. The molecule has 0 atom stereocenters. The summed E-state index contributed by atoms with van der Waals surface area (Å²) in [7, 11) is 1.53. The van der Waals surface area contributed by atoms with Gasteiger partial charge in [0.2, 0.25) is 0 Å². The second kappa shape index (κ2) is 8.00. The zero-order chi connectivity index (χ0) is 16.7. The summed E-state index contributed by atoms with van der Waals surface area (Å²) in [5, 5.41) is 5.06. The monoisotopic (exact) mass is 317 g/mol. The summed E-state index contributed by atoms with van der Waals surface area (Å²) in [5.74, 6) is -1.49. The highest BCUT2D eigenvalue weighted by Gasteiger charge is 2.13. The van der Waals surface area contributed by atoms with Crippen molar-refractivity contribution in [3.05, 3.63) is 59.7 Å². The second-order valence-electron chi connectivity index (χ2n) is 4.61. The molecule has 0 saturated heterocycles. The third kappa shape index (κ3) is 4.58. The van der Waals surface area contributed by atoms with Crippen molar-refractivity contribution >= 4 is 17.5 Å². The highest BCUT2D eigenvalue weighted by atomic mass is 19.1.